The van der Waals surface area contributed by atoms with E-state index in [-0.39, 0.29) is 23.1 Å². The fourth-order valence-electron chi connectivity index (χ4n) is 5.02. The van der Waals surface area contributed by atoms with Crippen LogP contribution in [0.5, 0.6) is 0 Å². The molecule has 2 aromatic rings. The Bertz CT molecular complexity index is 1090. The summed E-state index contributed by atoms with van der Waals surface area (Å²) in [6, 6.07) is 15.4. The van der Waals surface area contributed by atoms with E-state index in [4.69, 9.17) is 13.9 Å². The van der Waals surface area contributed by atoms with E-state index in [0.717, 1.165) is 44.3 Å². The molecule has 0 aromatic heterocycles. The first-order valence-electron chi connectivity index (χ1n) is 14.8. The van der Waals surface area contributed by atoms with Crippen LogP contribution in [0, 0.1) is 11.7 Å². The van der Waals surface area contributed by atoms with E-state index >= 15 is 4.39 Å². The van der Waals surface area contributed by atoms with Crippen molar-refractivity contribution in [2.75, 3.05) is 37.7 Å². The molecule has 2 aliphatic heterocycles. The Kier molecular flexibility index (Phi) is 10.3. The maximum absolute atomic E-state index is 15.5. The van der Waals surface area contributed by atoms with E-state index in [0.29, 0.717) is 50.1 Å². The second-order valence-corrected chi connectivity index (χ2v) is 17.6. The fourth-order valence-corrected chi connectivity index (χ4v) is 5.97. The average molecular weight is 571 g/mol. The highest BCUT2D eigenvalue weighted by atomic mass is 28.4. The number of nitrogens with zero attached hydrogens (tertiary/aromatic N) is 2. The average Bonchev–Trinajstić information content (AvgIpc) is 2.95. The van der Waals surface area contributed by atoms with Gasteiger partial charge in [-0.1, -0.05) is 63.2 Å². The maximum Gasteiger partial charge on any atom is 0.410 e. The monoisotopic (exact) mass is 570 g/mol. The van der Waals surface area contributed by atoms with Crippen LogP contribution in [-0.4, -0.2) is 58.2 Å². The lowest BCUT2D eigenvalue weighted by Gasteiger charge is -2.37. The van der Waals surface area contributed by atoms with Gasteiger partial charge in [0.2, 0.25) is 0 Å². The van der Waals surface area contributed by atoms with Crippen molar-refractivity contribution in [3.63, 3.8) is 0 Å². The van der Waals surface area contributed by atoms with Crippen molar-refractivity contribution in [3.05, 3.63) is 65.5 Å². The summed E-state index contributed by atoms with van der Waals surface area (Å²) in [5.74, 6) is 0.292. The molecule has 4 rings (SSSR count). The van der Waals surface area contributed by atoms with Gasteiger partial charge in [-0.25, -0.2) is 9.18 Å². The molecule has 220 valence electrons. The van der Waals surface area contributed by atoms with Crippen LogP contribution in [0.1, 0.15) is 57.6 Å². The van der Waals surface area contributed by atoms with Crippen molar-refractivity contribution in [2.45, 2.75) is 83.9 Å². The summed E-state index contributed by atoms with van der Waals surface area (Å²) in [5, 5.41) is 0.0916. The molecule has 0 spiro atoms. The normalized spacial score (nSPS) is 17.8. The highest BCUT2D eigenvalue weighted by Crippen LogP contribution is 2.37. The van der Waals surface area contributed by atoms with E-state index in [1.54, 1.807) is 4.90 Å². The summed E-state index contributed by atoms with van der Waals surface area (Å²) in [5.41, 5.74) is 2.30. The number of halogens is 1. The van der Waals surface area contributed by atoms with E-state index in [1.807, 2.05) is 48.5 Å². The lowest BCUT2D eigenvalue weighted by Crippen LogP contribution is -2.41. The van der Waals surface area contributed by atoms with Gasteiger partial charge in [0.15, 0.2) is 14.1 Å². The Balaban J connectivity index is 1.17. The third kappa shape index (κ3) is 8.08. The molecular weight excluding hydrogens is 523 g/mol. The van der Waals surface area contributed by atoms with E-state index < -0.39 is 8.32 Å². The standard InChI is InChI=1S/C32H47FN2O4Si/c1-32(2,3)40(4,5)39-24-27-12-9-13-29(30(27)33)34-20-16-28(17-21-34)37-22-26-14-18-35(19-15-26)31(36)38-23-25-10-7-6-8-11-25/h6-13,26,28H,14-24H2,1-5H3. The molecule has 0 radical (unpaired) electrons. The number of ether oxygens (including phenoxy) is 2. The maximum atomic E-state index is 15.5. The minimum absolute atomic E-state index is 0.0916. The smallest absolute Gasteiger partial charge is 0.410 e. The van der Waals surface area contributed by atoms with Crippen LogP contribution in [0.25, 0.3) is 0 Å². The minimum atomic E-state index is -1.95. The van der Waals surface area contributed by atoms with Crippen LogP contribution in [-0.2, 0) is 27.1 Å². The first kappa shape index (κ1) is 30.5. The number of carbonyl (C=O) groups is 1. The van der Waals surface area contributed by atoms with Crippen LogP contribution < -0.4 is 4.90 Å². The summed E-state index contributed by atoms with van der Waals surface area (Å²) >= 11 is 0. The van der Waals surface area contributed by atoms with Gasteiger partial charge in [-0.3, -0.25) is 0 Å². The van der Waals surface area contributed by atoms with Crippen molar-refractivity contribution in [2.24, 2.45) is 5.92 Å². The Morgan fingerprint density at radius 3 is 2.25 bits per heavy atom. The molecule has 0 bridgehead atoms. The quantitative estimate of drug-likeness (QED) is 0.295. The van der Waals surface area contributed by atoms with Gasteiger partial charge >= 0.3 is 6.09 Å². The van der Waals surface area contributed by atoms with Gasteiger partial charge < -0.3 is 23.7 Å². The molecule has 0 atom stereocenters. The largest absolute Gasteiger partial charge is 0.445 e. The number of rotatable bonds is 9. The van der Waals surface area contributed by atoms with Gasteiger partial charge in [-0.15, -0.1) is 0 Å². The molecule has 2 aromatic carbocycles. The van der Waals surface area contributed by atoms with Crippen LogP contribution in [0.3, 0.4) is 0 Å². The van der Waals surface area contributed by atoms with Crippen LogP contribution in [0.15, 0.2) is 48.5 Å². The summed E-state index contributed by atoms with van der Waals surface area (Å²) in [7, 11) is -1.95. The van der Waals surface area contributed by atoms with Gasteiger partial charge in [0.25, 0.3) is 0 Å². The Morgan fingerprint density at radius 1 is 0.925 bits per heavy atom. The number of piperidine rings is 2. The highest BCUT2D eigenvalue weighted by Gasteiger charge is 2.37. The third-order valence-electron chi connectivity index (χ3n) is 8.88. The van der Waals surface area contributed by atoms with Crippen LogP contribution in [0.4, 0.5) is 14.9 Å². The molecule has 0 aliphatic carbocycles. The van der Waals surface area contributed by atoms with Crippen molar-refractivity contribution in [1.29, 1.82) is 0 Å². The molecule has 1 amide bonds. The summed E-state index contributed by atoms with van der Waals surface area (Å²) in [4.78, 5) is 16.4. The van der Waals surface area contributed by atoms with Crippen molar-refractivity contribution in [3.8, 4) is 0 Å². The molecule has 2 saturated heterocycles. The molecule has 0 N–H and O–H groups in total. The summed E-state index contributed by atoms with van der Waals surface area (Å²) in [6.45, 7) is 15.3. The SMILES string of the molecule is CC(C)(C)[Si](C)(C)OCc1cccc(N2CCC(OCC3CCN(C(=O)OCc4ccccc4)CC3)CC2)c1F. The number of carbonyl (C=O) groups excluding carboxylic acids is 1. The minimum Gasteiger partial charge on any atom is -0.445 e. The third-order valence-corrected chi connectivity index (χ3v) is 13.4. The number of likely N-dealkylation sites (tertiary alicyclic amines) is 1. The van der Waals surface area contributed by atoms with Gasteiger partial charge in [0.05, 0.1) is 18.4 Å². The van der Waals surface area contributed by atoms with Gasteiger partial charge in [0, 0.05) is 38.3 Å². The highest BCUT2D eigenvalue weighted by molar-refractivity contribution is 6.74. The fraction of sp³-hybridized carbons (Fsp3) is 0.594. The number of hydrogen-bond acceptors (Lipinski definition) is 5. The van der Waals surface area contributed by atoms with E-state index in [1.165, 1.54) is 0 Å². The van der Waals surface area contributed by atoms with Crippen molar-refractivity contribution < 1.29 is 23.1 Å². The second-order valence-electron chi connectivity index (χ2n) is 12.8. The first-order chi connectivity index (χ1) is 19.0. The van der Waals surface area contributed by atoms with Crippen molar-refractivity contribution in [1.82, 2.24) is 4.90 Å². The van der Waals surface area contributed by atoms with E-state index in [2.05, 4.69) is 38.8 Å². The molecule has 2 aliphatic rings. The topological polar surface area (TPSA) is 51.2 Å². The van der Waals surface area contributed by atoms with Crippen molar-refractivity contribution >= 4 is 20.1 Å². The number of anilines is 1. The molecule has 0 saturated carbocycles. The Labute approximate surface area is 240 Å². The molecule has 2 heterocycles. The second kappa shape index (κ2) is 13.5. The lowest BCUT2D eigenvalue weighted by molar-refractivity contribution is 0.000197. The zero-order valence-corrected chi connectivity index (χ0v) is 26.0. The first-order valence-corrected chi connectivity index (χ1v) is 17.7. The van der Waals surface area contributed by atoms with Gasteiger partial charge in [-0.2, -0.15) is 0 Å². The van der Waals surface area contributed by atoms with Gasteiger partial charge in [-0.05, 0) is 61.4 Å². The molecule has 6 nitrogen and oxygen atoms in total. The van der Waals surface area contributed by atoms with Crippen LogP contribution in [0.2, 0.25) is 18.1 Å². The number of amides is 1. The number of benzene rings is 2. The zero-order valence-electron chi connectivity index (χ0n) is 25.0. The predicted molar refractivity (Wildman–Crippen MR) is 160 cm³/mol. The molecular formula is C32H47FN2O4Si. The molecule has 2 fully saturated rings. The summed E-state index contributed by atoms with van der Waals surface area (Å²) < 4.78 is 33.5. The molecule has 0 unspecified atom stereocenters. The molecule has 40 heavy (non-hydrogen) atoms. The summed E-state index contributed by atoms with van der Waals surface area (Å²) in [6.07, 6.45) is 3.57. The Hall–Kier alpha value is -2.42. The predicted octanol–water partition coefficient (Wildman–Crippen LogP) is 7.38. The van der Waals surface area contributed by atoms with Gasteiger partial charge in [0.1, 0.15) is 6.61 Å². The van der Waals surface area contributed by atoms with Crippen LogP contribution >= 0.6 is 0 Å². The lowest BCUT2D eigenvalue weighted by atomic mass is 9.98. The number of hydrogen-bond donors (Lipinski definition) is 0. The van der Waals surface area contributed by atoms with E-state index in [9.17, 15) is 4.79 Å². The Morgan fingerprint density at radius 2 is 1.60 bits per heavy atom. The molecule has 8 heteroatoms. The zero-order chi connectivity index (χ0) is 28.8.